The van der Waals surface area contributed by atoms with E-state index >= 15 is 0 Å². The Morgan fingerprint density at radius 2 is 1.96 bits per heavy atom. The summed E-state index contributed by atoms with van der Waals surface area (Å²) in [7, 11) is 0. The van der Waals surface area contributed by atoms with Gasteiger partial charge in [-0.05, 0) is 24.3 Å². The molecule has 27 heavy (non-hydrogen) atoms. The second-order valence-electron chi connectivity index (χ2n) is 6.24. The molecule has 1 aliphatic heterocycles. The fourth-order valence-corrected chi connectivity index (χ4v) is 3.19. The van der Waals surface area contributed by atoms with Gasteiger partial charge in [0.2, 0.25) is 17.5 Å². The van der Waals surface area contributed by atoms with Gasteiger partial charge in [-0.3, -0.25) is 4.90 Å². The van der Waals surface area contributed by atoms with Crippen molar-refractivity contribution in [3.63, 3.8) is 0 Å². The van der Waals surface area contributed by atoms with Crippen molar-refractivity contribution in [3.8, 4) is 17.5 Å². The van der Waals surface area contributed by atoms with Gasteiger partial charge in [0.1, 0.15) is 11.8 Å². The first-order chi connectivity index (χ1) is 13.3. The van der Waals surface area contributed by atoms with Gasteiger partial charge in [0.15, 0.2) is 0 Å². The number of oxazole rings is 1. The zero-order valence-corrected chi connectivity index (χ0v) is 14.8. The SMILES string of the molecule is N#Cc1nc(-c2ccccc2)oc1NCC(c1ccco1)N1CCOCC1. The van der Waals surface area contributed by atoms with E-state index in [0.29, 0.717) is 31.5 Å². The fraction of sp³-hybridized carbons (Fsp3) is 0.300. The molecule has 1 N–H and O–H groups in total. The Kier molecular flexibility index (Phi) is 5.19. The Labute approximate surface area is 157 Å². The van der Waals surface area contributed by atoms with E-state index in [0.717, 1.165) is 24.4 Å². The molecule has 138 valence electrons. The molecule has 3 aromatic rings. The van der Waals surface area contributed by atoms with Gasteiger partial charge in [-0.2, -0.15) is 10.2 Å². The molecule has 1 unspecified atom stereocenters. The molecule has 0 bridgehead atoms. The molecule has 7 heteroatoms. The number of aromatic nitrogens is 1. The van der Waals surface area contributed by atoms with Gasteiger partial charge < -0.3 is 18.9 Å². The maximum Gasteiger partial charge on any atom is 0.232 e. The topological polar surface area (TPSA) is 87.5 Å². The first kappa shape index (κ1) is 17.3. The number of rotatable bonds is 6. The molecular weight excluding hydrogens is 344 g/mol. The summed E-state index contributed by atoms with van der Waals surface area (Å²) in [6.45, 7) is 3.57. The minimum atomic E-state index is 0.0146. The highest BCUT2D eigenvalue weighted by molar-refractivity contribution is 5.58. The third kappa shape index (κ3) is 3.87. The molecule has 1 fully saturated rings. The smallest absolute Gasteiger partial charge is 0.232 e. The summed E-state index contributed by atoms with van der Waals surface area (Å²) in [5, 5.41) is 12.7. The molecule has 0 amide bonds. The van der Waals surface area contributed by atoms with E-state index in [1.165, 1.54) is 0 Å². The highest BCUT2D eigenvalue weighted by Crippen LogP contribution is 2.27. The number of ether oxygens (including phenoxy) is 1. The van der Waals surface area contributed by atoms with E-state index in [9.17, 15) is 5.26 Å². The third-order valence-corrected chi connectivity index (χ3v) is 4.57. The zero-order chi connectivity index (χ0) is 18.5. The molecule has 2 aromatic heterocycles. The van der Waals surface area contributed by atoms with Crippen LogP contribution in [0.15, 0.2) is 57.6 Å². The van der Waals surface area contributed by atoms with E-state index in [1.54, 1.807) is 6.26 Å². The number of anilines is 1. The van der Waals surface area contributed by atoms with Gasteiger partial charge >= 0.3 is 0 Å². The number of benzene rings is 1. The molecule has 4 rings (SSSR count). The van der Waals surface area contributed by atoms with E-state index in [4.69, 9.17) is 13.6 Å². The van der Waals surface area contributed by atoms with Gasteiger partial charge in [-0.25, -0.2) is 0 Å². The highest BCUT2D eigenvalue weighted by atomic mass is 16.5. The van der Waals surface area contributed by atoms with Crippen LogP contribution in [-0.4, -0.2) is 42.7 Å². The molecule has 0 spiro atoms. The van der Waals surface area contributed by atoms with Crippen molar-refractivity contribution in [3.05, 3.63) is 60.2 Å². The Balaban J connectivity index is 1.54. The van der Waals surface area contributed by atoms with Gasteiger partial charge in [-0.1, -0.05) is 18.2 Å². The van der Waals surface area contributed by atoms with Crippen molar-refractivity contribution in [2.45, 2.75) is 6.04 Å². The average Bonchev–Trinajstić information content (AvgIpc) is 3.40. The number of hydrogen-bond acceptors (Lipinski definition) is 7. The number of furan rings is 1. The van der Waals surface area contributed by atoms with Crippen molar-refractivity contribution >= 4 is 5.88 Å². The Morgan fingerprint density at radius 3 is 2.67 bits per heavy atom. The van der Waals surface area contributed by atoms with Crippen molar-refractivity contribution in [1.29, 1.82) is 5.26 Å². The van der Waals surface area contributed by atoms with E-state index in [1.807, 2.05) is 42.5 Å². The van der Waals surface area contributed by atoms with E-state index < -0.39 is 0 Å². The number of hydrogen-bond donors (Lipinski definition) is 1. The summed E-state index contributed by atoms with van der Waals surface area (Å²) < 4.78 is 16.9. The minimum absolute atomic E-state index is 0.0146. The summed E-state index contributed by atoms with van der Waals surface area (Å²) in [4.78, 5) is 6.61. The number of morpholine rings is 1. The summed E-state index contributed by atoms with van der Waals surface area (Å²) >= 11 is 0. The molecule has 7 nitrogen and oxygen atoms in total. The molecule has 0 saturated carbocycles. The van der Waals surface area contributed by atoms with Crippen LogP contribution in [0.1, 0.15) is 17.5 Å². The van der Waals surface area contributed by atoms with Crippen molar-refractivity contribution in [2.75, 3.05) is 38.2 Å². The lowest BCUT2D eigenvalue weighted by Crippen LogP contribution is -2.41. The molecular formula is C20H20N4O3. The van der Waals surface area contributed by atoms with Crippen LogP contribution in [0.4, 0.5) is 5.88 Å². The highest BCUT2D eigenvalue weighted by Gasteiger charge is 2.26. The van der Waals surface area contributed by atoms with Gasteiger partial charge in [0.05, 0.1) is 25.5 Å². The summed E-state index contributed by atoms with van der Waals surface area (Å²) in [5.74, 6) is 1.67. The second kappa shape index (κ2) is 8.08. The average molecular weight is 364 g/mol. The number of nitriles is 1. The van der Waals surface area contributed by atoms with Gasteiger partial charge in [-0.15, -0.1) is 0 Å². The predicted octanol–water partition coefficient (Wildman–Crippen LogP) is 3.29. The van der Waals surface area contributed by atoms with Crippen LogP contribution >= 0.6 is 0 Å². The first-order valence-electron chi connectivity index (χ1n) is 8.90. The van der Waals surface area contributed by atoms with Crippen LogP contribution in [-0.2, 0) is 4.74 Å². The maximum atomic E-state index is 9.42. The summed E-state index contributed by atoms with van der Waals surface area (Å²) in [6.07, 6.45) is 1.67. The Hall–Kier alpha value is -3.08. The number of nitrogens with one attached hydrogen (secondary N) is 1. The molecule has 0 radical (unpaired) electrons. The maximum absolute atomic E-state index is 9.42. The van der Waals surface area contributed by atoms with E-state index in [-0.39, 0.29) is 11.7 Å². The van der Waals surface area contributed by atoms with Crippen LogP contribution in [0.25, 0.3) is 11.5 Å². The summed E-state index contributed by atoms with van der Waals surface area (Å²) in [6, 6.07) is 15.5. The molecule has 1 saturated heterocycles. The molecule has 0 aliphatic carbocycles. The quantitative estimate of drug-likeness (QED) is 0.718. The summed E-state index contributed by atoms with van der Waals surface area (Å²) in [5.41, 5.74) is 1.08. The van der Waals surface area contributed by atoms with Crippen LogP contribution in [0.3, 0.4) is 0 Å². The standard InChI is InChI=1S/C20H20N4O3/c21-13-16-20(27-19(23-16)15-5-2-1-3-6-15)22-14-17(18-7-4-10-26-18)24-8-11-25-12-9-24/h1-7,10,17,22H,8-9,11-12,14H2. The second-order valence-corrected chi connectivity index (χ2v) is 6.24. The first-order valence-corrected chi connectivity index (χ1v) is 8.90. The van der Waals surface area contributed by atoms with Crippen LogP contribution in [0.2, 0.25) is 0 Å². The van der Waals surface area contributed by atoms with Crippen LogP contribution in [0.5, 0.6) is 0 Å². The Bertz CT molecular complexity index is 893. The molecule has 1 atom stereocenters. The van der Waals surface area contributed by atoms with Crippen LogP contribution < -0.4 is 5.32 Å². The van der Waals surface area contributed by atoms with Gasteiger partial charge in [0.25, 0.3) is 0 Å². The lowest BCUT2D eigenvalue weighted by molar-refractivity contribution is 0.0144. The predicted molar refractivity (Wildman–Crippen MR) is 99.0 cm³/mol. The lowest BCUT2D eigenvalue weighted by Gasteiger charge is -2.33. The molecule has 1 aliphatic rings. The van der Waals surface area contributed by atoms with E-state index in [2.05, 4.69) is 21.3 Å². The number of nitrogens with zero attached hydrogens (tertiary/aromatic N) is 3. The van der Waals surface area contributed by atoms with Crippen LogP contribution in [0, 0.1) is 11.3 Å². The Morgan fingerprint density at radius 1 is 1.15 bits per heavy atom. The molecule has 3 heterocycles. The zero-order valence-electron chi connectivity index (χ0n) is 14.8. The minimum Gasteiger partial charge on any atom is -0.468 e. The monoisotopic (exact) mass is 364 g/mol. The van der Waals surface area contributed by atoms with Gasteiger partial charge in [0, 0.05) is 25.2 Å². The van der Waals surface area contributed by atoms with Crippen molar-refractivity contribution in [1.82, 2.24) is 9.88 Å². The largest absolute Gasteiger partial charge is 0.468 e. The lowest BCUT2D eigenvalue weighted by atomic mass is 10.1. The third-order valence-electron chi connectivity index (χ3n) is 4.57. The molecule has 1 aromatic carbocycles. The normalized spacial score (nSPS) is 16.0. The van der Waals surface area contributed by atoms with Crippen molar-refractivity contribution in [2.24, 2.45) is 0 Å². The van der Waals surface area contributed by atoms with Crippen molar-refractivity contribution < 1.29 is 13.6 Å². The fourth-order valence-electron chi connectivity index (χ4n) is 3.19.